The zero-order valence-corrected chi connectivity index (χ0v) is 19.3. The van der Waals surface area contributed by atoms with Gasteiger partial charge in [0.15, 0.2) is 0 Å². The SMILES string of the molecule is CCNC(=O)N1CCOc2ccc(CCC(=O)NCCc3nc4ccccc4n3C)cc2C1. The summed E-state index contributed by atoms with van der Waals surface area (Å²) in [7, 11) is 2.00. The highest BCUT2D eigenvalue weighted by Crippen LogP contribution is 2.25. The lowest BCUT2D eigenvalue weighted by molar-refractivity contribution is -0.121. The molecule has 1 aliphatic rings. The number of para-hydroxylation sites is 2. The molecule has 1 aliphatic heterocycles. The van der Waals surface area contributed by atoms with Crippen molar-refractivity contribution in [3.8, 4) is 5.75 Å². The van der Waals surface area contributed by atoms with Crippen LogP contribution in [0.5, 0.6) is 5.75 Å². The Balaban J connectivity index is 1.28. The second-order valence-corrected chi connectivity index (χ2v) is 8.22. The Hall–Kier alpha value is -3.55. The molecule has 1 aromatic heterocycles. The largest absolute Gasteiger partial charge is 0.491 e. The molecule has 2 heterocycles. The lowest BCUT2D eigenvalue weighted by Gasteiger charge is -2.20. The van der Waals surface area contributed by atoms with Gasteiger partial charge in [0.05, 0.1) is 24.1 Å². The molecule has 0 atom stereocenters. The number of rotatable bonds is 7. The third kappa shape index (κ3) is 5.45. The van der Waals surface area contributed by atoms with E-state index in [2.05, 4.69) is 20.2 Å². The van der Waals surface area contributed by atoms with Gasteiger partial charge in [-0.15, -0.1) is 0 Å². The normalized spacial score (nSPS) is 13.2. The van der Waals surface area contributed by atoms with E-state index >= 15 is 0 Å². The number of carbonyl (C=O) groups excluding carboxylic acids is 2. The minimum atomic E-state index is -0.0839. The van der Waals surface area contributed by atoms with Crippen molar-refractivity contribution >= 4 is 23.0 Å². The van der Waals surface area contributed by atoms with Crippen molar-refractivity contribution < 1.29 is 14.3 Å². The standard InChI is InChI=1S/C25H31N5O3/c1-3-26-25(32)30-14-15-33-22-10-8-18(16-19(22)17-30)9-11-24(31)27-13-12-23-28-20-6-4-5-7-21(20)29(23)2/h4-8,10,16H,3,9,11-15,17H2,1-2H3,(H,26,32)(H,27,31). The minimum absolute atomic E-state index is 0.0175. The highest BCUT2D eigenvalue weighted by molar-refractivity contribution is 5.77. The zero-order valence-electron chi connectivity index (χ0n) is 19.3. The number of carbonyl (C=O) groups is 2. The molecule has 0 bridgehead atoms. The van der Waals surface area contributed by atoms with Crippen molar-refractivity contribution in [1.29, 1.82) is 0 Å². The van der Waals surface area contributed by atoms with Crippen LogP contribution in [0.25, 0.3) is 11.0 Å². The number of imidazole rings is 1. The molecule has 8 heteroatoms. The van der Waals surface area contributed by atoms with Gasteiger partial charge in [-0.3, -0.25) is 4.79 Å². The van der Waals surface area contributed by atoms with Crippen LogP contribution in [0.1, 0.15) is 30.3 Å². The summed E-state index contributed by atoms with van der Waals surface area (Å²) in [6, 6.07) is 13.9. The van der Waals surface area contributed by atoms with E-state index in [9.17, 15) is 9.59 Å². The lowest BCUT2D eigenvalue weighted by Crippen LogP contribution is -2.40. The number of nitrogens with zero attached hydrogens (tertiary/aromatic N) is 3. The van der Waals surface area contributed by atoms with Gasteiger partial charge in [0.25, 0.3) is 0 Å². The van der Waals surface area contributed by atoms with E-state index in [-0.39, 0.29) is 11.9 Å². The van der Waals surface area contributed by atoms with Crippen molar-refractivity contribution in [3.63, 3.8) is 0 Å². The minimum Gasteiger partial charge on any atom is -0.491 e. The fourth-order valence-electron chi connectivity index (χ4n) is 4.12. The van der Waals surface area contributed by atoms with Crippen molar-refractivity contribution in [2.45, 2.75) is 32.7 Å². The first-order valence-corrected chi connectivity index (χ1v) is 11.5. The molecular weight excluding hydrogens is 418 g/mol. The van der Waals surface area contributed by atoms with Gasteiger partial charge in [0, 0.05) is 38.5 Å². The summed E-state index contributed by atoms with van der Waals surface area (Å²) in [6.07, 6.45) is 1.72. The van der Waals surface area contributed by atoms with Crippen LogP contribution in [0.15, 0.2) is 42.5 Å². The van der Waals surface area contributed by atoms with E-state index in [1.807, 2.05) is 56.4 Å². The van der Waals surface area contributed by atoms with E-state index in [1.165, 1.54) is 0 Å². The number of hydrogen-bond donors (Lipinski definition) is 2. The van der Waals surface area contributed by atoms with Gasteiger partial charge in [-0.25, -0.2) is 9.78 Å². The van der Waals surface area contributed by atoms with E-state index in [0.29, 0.717) is 52.0 Å². The molecule has 0 saturated carbocycles. The second-order valence-electron chi connectivity index (χ2n) is 8.22. The monoisotopic (exact) mass is 449 g/mol. The molecule has 8 nitrogen and oxygen atoms in total. The van der Waals surface area contributed by atoms with Gasteiger partial charge in [0.1, 0.15) is 18.2 Å². The molecule has 3 amide bonds. The van der Waals surface area contributed by atoms with Crippen molar-refractivity contribution in [2.24, 2.45) is 7.05 Å². The fraction of sp³-hybridized carbons (Fsp3) is 0.400. The summed E-state index contributed by atoms with van der Waals surface area (Å²) in [4.78, 5) is 31.0. The van der Waals surface area contributed by atoms with Gasteiger partial charge in [-0.1, -0.05) is 24.3 Å². The molecular formula is C25H31N5O3. The Morgan fingerprint density at radius 2 is 1.97 bits per heavy atom. The molecule has 33 heavy (non-hydrogen) atoms. The molecule has 0 spiro atoms. The summed E-state index contributed by atoms with van der Waals surface area (Å²) in [5, 5.41) is 5.85. The third-order valence-electron chi connectivity index (χ3n) is 5.91. The molecule has 2 N–H and O–H groups in total. The molecule has 0 fully saturated rings. The van der Waals surface area contributed by atoms with Crippen LogP contribution in [0.4, 0.5) is 4.79 Å². The summed E-state index contributed by atoms with van der Waals surface area (Å²) in [5.41, 5.74) is 4.09. The maximum absolute atomic E-state index is 12.4. The van der Waals surface area contributed by atoms with Gasteiger partial charge in [0.2, 0.25) is 5.91 Å². The van der Waals surface area contributed by atoms with E-state index < -0.39 is 0 Å². The van der Waals surface area contributed by atoms with Crippen molar-refractivity contribution in [1.82, 2.24) is 25.1 Å². The first kappa shape index (κ1) is 22.6. The quantitative estimate of drug-likeness (QED) is 0.581. The van der Waals surface area contributed by atoms with E-state index in [0.717, 1.165) is 33.7 Å². The summed E-state index contributed by atoms with van der Waals surface area (Å²) < 4.78 is 7.88. The molecule has 0 aliphatic carbocycles. The van der Waals surface area contributed by atoms with Crippen molar-refractivity contribution in [3.05, 3.63) is 59.4 Å². The number of nitrogens with one attached hydrogen (secondary N) is 2. The Morgan fingerprint density at radius 3 is 2.79 bits per heavy atom. The van der Waals surface area contributed by atoms with Gasteiger partial charge in [-0.2, -0.15) is 0 Å². The van der Waals surface area contributed by atoms with E-state index in [4.69, 9.17) is 4.74 Å². The number of amides is 3. The topological polar surface area (TPSA) is 88.5 Å². The van der Waals surface area contributed by atoms with E-state index in [1.54, 1.807) is 4.90 Å². The smallest absolute Gasteiger partial charge is 0.317 e. The van der Waals surface area contributed by atoms with Crippen LogP contribution >= 0.6 is 0 Å². The fourth-order valence-corrected chi connectivity index (χ4v) is 4.12. The summed E-state index contributed by atoms with van der Waals surface area (Å²) >= 11 is 0. The number of urea groups is 1. The average Bonchev–Trinajstić information content (AvgIpc) is 2.99. The number of benzene rings is 2. The number of aryl methyl sites for hydroxylation is 2. The summed E-state index contributed by atoms with van der Waals surface area (Å²) in [6.45, 7) is 4.56. The molecule has 0 saturated heterocycles. The van der Waals surface area contributed by atoms with Gasteiger partial charge < -0.3 is 24.8 Å². The Morgan fingerprint density at radius 1 is 1.12 bits per heavy atom. The molecule has 4 rings (SSSR count). The van der Waals surface area contributed by atoms with Crippen LogP contribution < -0.4 is 15.4 Å². The number of hydrogen-bond acceptors (Lipinski definition) is 4. The van der Waals surface area contributed by atoms with Crippen LogP contribution in [0.2, 0.25) is 0 Å². The third-order valence-corrected chi connectivity index (χ3v) is 5.91. The predicted molar refractivity (Wildman–Crippen MR) is 127 cm³/mol. The Bertz CT molecular complexity index is 1140. The van der Waals surface area contributed by atoms with Crippen molar-refractivity contribution in [2.75, 3.05) is 26.2 Å². The number of fused-ring (bicyclic) bond motifs is 2. The van der Waals surface area contributed by atoms with Crippen LogP contribution in [-0.4, -0.2) is 52.6 Å². The van der Waals surface area contributed by atoms with Gasteiger partial charge in [-0.05, 0) is 37.1 Å². The highest BCUT2D eigenvalue weighted by Gasteiger charge is 2.19. The average molecular weight is 450 g/mol. The maximum atomic E-state index is 12.4. The predicted octanol–water partition coefficient (Wildman–Crippen LogP) is 2.79. The summed E-state index contributed by atoms with van der Waals surface area (Å²) in [5.74, 6) is 1.78. The van der Waals surface area contributed by atoms with Crippen LogP contribution in [0.3, 0.4) is 0 Å². The zero-order chi connectivity index (χ0) is 23.2. The lowest BCUT2D eigenvalue weighted by atomic mass is 10.0. The first-order chi connectivity index (χ1) is 16.0. The molecule has 0 radical (unpaired) electrons. The van der Waals surface area contributed by atoms with Crippen LogP contribution in [-0.2, 0) is 31.2 Å². The van der Waals surface area contributed by atoms with Gasteiger partial charge >= 0.3 is 6.03 Å². The highest BCUT2D eigenvalue weighted by atomic mass is 16.5. The number of ether oxygens (including phenoxy) is 1. The Kier molecular flexibility index (Phi) is 7.12. The first-order valence-electron chi connectivity index (χ1n) is 11.5. The second kappa shape index (κ2) is 10.4. The maximum Gasteiger partial charge on any atom is 0.317 e. The number of aromatic nitrogens is 2. The molecule has 174 valence electrons. The van der Waals surface area contributed by atoms with Crippen LogP contribution in [0, 0.1) is 0 Å². The Labute approximate surface area is 193 Å². The molecule has 3 aromatic rings. The molecule has 2 aromatic carbocycles. The molecule has 0 unspecified atom stereocenters.